The average Bonchev–Trinajstić information content (AvgIpc) is 2.68. The van der Waals surface area contributed by atoms with Gasteiger partial charge in [-0.05, 0) is 49.1 Å². The number of aliphatic imine (C=N–C) groups is 1. The third kappa shape index (κ3) is 6.31. The molecule has 0 unspecified atom stereocenters. The number of benzene rings is 2. The second-order valence-corrected chi connectivity index (χ2v) is 5.85. The van der Waals surface area contributed by atoms with E-state index in [9.17, 15) is 0 Å². The highest BCUT2D eigenvalue weighted by Gasteiger charge is 2.02. The van der Waals surface area contributed by atoms with Gasteiger partial charge in [0.15, 0.2) is 5.96 Å². The van der Waals surface area contributed by atoms with Gasteiger partial charge in [0.1, 0.15) is 11.5 Å². The second-order valence-electron chi connectivity index (χ2n) is 5.85. The largest absolute Gasteiger partial charge is 0.497 e. The minimum atomic E-state index is 0.703. The van der Waals surface area contributed by atoms with Crippen LogP contribution in [0.15, 0.2) is 53.5 Å². The summed E-state index contributed by atoms with van der Waals surface area (Å²) in [5.74, 6) is 2.64. The molecule has 2 aromatic carbocycles. The van der Waals surface area contributed by atoms with Gasteiger partial charge in [0.05, 0.1) is 14.2 Å². The Kier molecular flexibility index (Phi) is 8.33. The molecule has 26 heavy (non-hydrogen) atoms. The summed E-state index contributed by atoms with van der Waals surface area (Å²) in [5, 5.41) is 6.68. The van der Waals surface area contributed by atoms with E-state index in [0.717, 1.165) is 43.4 Å². The maximum Gasteiger partial charge on any atom is 0.191 e. The van der Waals surface area contributed by atoms with Crippen molar-refractivity contribution in [1.82, 2.24) is 10.6 Å². The van der Waals surface area contributed by atoms with Gasteiger partial charge in [-0.1, -0.05) is 30.3 Å². The highest BCUT2D eigenvalue weighted by atomic mass is 16.5. The summed E-state index contributed by atoms with van der Waals surface area (Å²) in [4.78, 5) is 4.66. The first-order valence-corrected chi connectivity index (χ1v) is 9.03. The monoisotopic (exact) mass is 355 g/mol. The number of nitrogens with zero attached hydrogens (tertiary/aromatic N) is 1. The number of hydrogen-bond acceptors (Lipinski definition) is 3. The van der Waals surface area contributed by atoms with Gasteiger partial charge in [-0.2, -0.15) is 0 Å². The average molecular weight is 355 g/mol. The predicted octanol–water partition coefficient (Wildman–Crippen LogP) is 3.04. The van der Waals surface area contributed by atoms with Gasteiger partial charge >= 0.3 is 0 Å². The van der Waals surface area contributed by atoms with Crippen molar-refractivity contribution in [2.75, 3.05) is 33.9 Å². The van der Waals surface area contributed by atoms with Crippen LogP contribution in [0.2, 0.25) is 0 Å². The SMILES string of the molecule is CCNC(=NCCc1ccccc1OC)NCCc1cccc(OC)c1. The predicted molar refractivity (Wildman–Crippen MR) is 107 cm³/mol. The van der Waals surface area contributed by atoms with Crippen molar-refractivity contribution in [1.29, 1.82) is 0 Å². The van der Waals surface area contributed by atoms with Gasteiger partial charge in [-0.3, -0.25) is 4.99 Å². The van der Waals surface area contributed by atoms with Crippen molar-refractivity contribution < 1.29 is 9.47 Å². The molecule has 0 amide bonds. The Labute approximate surface area is 156 Å². The Balaban J connectivity index is 1.85. The molecule has 0 aliphatic rings. The van der Waals surface area contributed by atoms with Gasteiger partial charge in [-0.15, -0.1) is 0 Å². The van der Waals surface area contributed by atoms with Crippen LogP contribution in [0.1, 0.15) is 18.1 Å². The first kappa shape index (κ1) is 19.6. The molecular weight excluding hydrogens is 326 g/mol. The van der Waals surface area contributed by atoms with Crippen LogP contribution in [0.3, 0.4) is 0 Å². The maximum atomic E-state index is 5.39. The second kappa shape index (κ2) is 11.0. The minimum absolute atomic E-state index is 0.703. The number of hydrogen-bond donors (Lipinski definition) is 2. The van der Waals surface area contributed by atoms with Gasteiger partial charge in [0.25, 0.3) is 0 Å². The zero-order chi connectivity index (χ0) is 18.6. The van der Waals surface area contributed by atoms with Crippen molar-refractivity contribution in [2.24, 2.45) is 4.99 Å². The van der Waals surface area contributed by atoms with Crippen molar-refractivity contribution in [2.45, 2.75) is 19.8 Å². The quantitative estimate of drug-likeness (QED) is 0.536. The van der Waals surface area contributed by atoms with Crippen LogP contribution < -0.4 is 20.1 Å². The summed E-state index contributed by atoms with van der Waals surface area (Å²) in [6.45, 7) is 4.42. The molecule has 0 bridgehead atoms. The normalized spacial score (nSPS) is 11.1. The zero-order valence-electron chi connectivity index (χ0n) is 15.9. The molecule has 0 saturated heterocycles. The zero-order valence-corrected chi connectivity index (χ0v) is 15.9. The minimum Gasteiger partial charge on any atom is -0.497 e. The number of guanidine groups is 1. The topological polar surface area (TPSA) is 54.9 Å². The smallest absolute Gasteiger partial charge is 0.191 e. The molecule has 5 nitrogen and oxygen atoms in total. The summed E-state index contributed by atoms with van der Waals surface area (Å²) >= 11 is 0. The molecule has 2 N–H and O–H groups in total. The molecule has 0 aliphatic carbocycles. The van der Waals surface area contributed by atoms with Crippen LogP contribution in [0.25, 0.3) is 0 Å². The van der Waals surface area contributed by atoms with Gasteiger partial charge in [-0.25, -0.2) is 0 Å². The lowest BCUT2D eigenvalue weighted by atomic mass is 10.1. The van der Waals surface area contributed by atoms with E-state index in [2.05, 4.69) is 40.7 Å². The Morgan fingerprint density at radius 3 is 2.58 bits per heavy atom. The summed E-state index contributed by atoms with van der Waals surface area (Å²) < 4.78 is 10.7. The van der Waals surface area contributed by atoms with Crippen LogP contribution in [0, 0.1) is 0 Å². The van der Waals surface area contributed by atoms with E-state index in [0.29, 0.717) is 6.54 Å². The molecule has 2 aromatic rings. The van der Waals surface area contributed by atoms with E-state index in [-0.39, 0.29) is 0 Å². The van der Waals surface area contributed by atoms with Gasteiger partial charge < -0.3 is 20.1 Å². The van der Waals surface area contributed by atoms with Crippen LogP contribution in [-0.4, -0.2) is 39.8 Å². The third-order valence-electron chi connectivity index (χ3n) is 4.03. The molecule has 0 aliphatic heterocycles. The summed E-state index contributed by atoms with van der Waals surface area (Å²) in [6.07, 6.45) is 1.75. The van der Waals surface area contributed by atoms with Crippen LogP contribution in [-0.2, 0) is 12.8 Å². The molecule has 140 valence electrons. The lowest BCUT2D eigenvalue weighted by Gasteiger charge is -2.12. The summed E-state index contributed by atoms with van der Waals surface area (Å²) in [7, 11) is 3.39. The van der Waals surface area contributed by atoms with Crippen molar-refractivity contribution >= 4 is 5.96 Å². The number of para-hydroxylation sites is 1. The molecule has 0 saturated carbocycles. The van der Waals surface area contributed by atoms with E-state index in [1.807, 2.05) is 30.3 Å². The molecule has 0 aromatic heterocycles. The number of nitrogens with one attached hydrogen (secondary N) is 2. The van der Waals surface area contributed by atoms with E-state index in [1.54, 1.807) is 14.2 Å². The van der Waals surface area contributed by atoms with Crippen molar-refractivity contribution in [3.05, 3.63) is 59.7 Å². The van der Waals surface area contributed by atoms with E-state index < -0.39 is 0 Å². The lowest BCUT2D eigenvalue weighted by molar-refractivity contribution is 0.410. The Morgan fingerprint density at radius 2 is 1.81 bits per heavy atom. The van der Waals surface area contributed by atoms with Gasteiger partial charge in [0, 0.05) is 19.6 Å². The molecule has 0 fully saturated rings. The van der Waals surface area contributed by atoms with E-state index in [4.69, 9.17) is 9.47 Å². The summed E-state index contributed by atoms with van der Waals surface area (Å²) in [5.41, 5.74) is 2.41. The fourth-order valence-corrected chi connectivity index (χ4v) is 2.69. The lowest BCUT2D eigenvalue weighted by Crippen LogP contribution is -2.38. The Bertz CT molecular complexity index is 701. The number of methoxy groups -OCH3 is 2. The maximum absolute atomic E-state index is 5.39. The molecule has 0 spiro atoms. The van der Waals surface area contributed by atoms with E-state index in [1.165, 1.54) is 11.1 Å². The highest BCUT2D eigenvalue weighted by molar-refractivity contribution is 5.79. The van der Waals surface area contributed by atoms with Crippen molar-refractivity contribution in [3.8, 4) is 11.5 Å². The standard InChI is InChI=1S/C21H29N3O2/c1-4-22-21(23-14-12-17-8-7-10-19(16-17)25-2)24-15-13-18-9-5-6-11-20(18)26-3/h5-11,16H,4,12-15H2,1-3H3,(H2,22,23,24). The van der Waals surface area contributed by atoms with Crippen LogP contribution >= 0.6 is 0 Å². The first-order valence-electron chi connectivity index (χ1n) is 9.03. The molecule has 0 atom stereocenters. The van der Waals surface area contributed by atoms with Crippen molar-refractivity contribution in [3.63, 3.8) is 0 Å². The Hall–Kier alpha value is -2.69. The molecule has 0 radical (unpaired) electrons. The molecule has 0 heterocycles. The Morgan fingerprint density at radius 1 is 0.962 bits per heavy atom. The fraction of sp³-hybridized carbons (Fsp3) is 0.381. The fourth-order valence-electron chi connectivity index (χ4n) is 2.69. The molecule has 2 rings (SSSR count). The summed E-state index contributed by atoms with van der Waals surface area (Å²) in [6, 6.07) is 16.2. The van der Waals surface area contributed by atoms with Gasteiger partial charge in [0.2, 0.25) is 0 Å². The molecule has 5 heteroatoms. The van der Waals surface area contributed by atoms with E-state index >= 15 is 0 Å². The molecular formula is C21H29N3O2. The first-order chi connectivity index (χ1) is 12.8. The number of rotatable bonds is 9. The van der Waals surface area contributed by atoms with Crippen LogP contribution in [0.4, 0.5) is 0 Å². The van der Waals surface area contributed by atoms with Crippen LogP contribution in [0.5, 0.6) is 11.5 Å². The number of ether oxygens (including phenoxy) is 2. The third-order valence-corrected chi connectivity index (χ3v) is 4.03. The highest BCUT2D eigenvalue weighted by Crippen LogP contribution is 2.17.